The quantitative estimate of drug-likeness (QED) is 0.472. The fraction of sp³-hybridized carbons (Fsp3) is 0.250. The molecule has 2 aromatic carbocycles. The molecule has 1 heterocycles. The summed E-state index contributed by atoms with van der Waals surface area (Å²) in [5, 5.41) is 5.72. The molecular weight excluding hydrogens is 392 g/mol. The van der Waals surface area contributed by atoms with Gasteiger partial charge >= 0.3 is 6.03 Å². The number of nitrogens with one attached hydrogen (secondary N) is 2. The monoisotopic (exact) mass is 420 g/mol. The van der Waals surface area contributed by atoms with E-state index in [1.165, 1.54) is 0 Å². The summed E-state index contributed by atoms with van der Waals surface area (Å²) in [6.45, 7) is 1.93. The Hall–Kier alpha value is -3.58. The average molecular weight is 421 g/mol. The highest BCUT2D eigenvalue weighted by molar-refractivity contribution is 5.90. The standard InChI is InChI=1S/C24H28N4O3/c1-28(2)16-5-17-30-23-7-4-3-6-22(23)27-24(29)26-18-19-8-10-20(11-9-19)31-21-12-14-25-15-13-21/h3-4,6-15H,5,16-18H2,1-2H3,(H2,26,27,29). The van der Waals surface area contributed by atoms with Gasteiger partial charge in [0.05, 0.1) is 12.3 Å². The molecule has 1 aromatic heterocycles. The van der Waals surface area contributed by atoms with Crippen LogP contribution in [0.1, 0.15) is 12.0 Å². The number of benzene rings is 2. The summed E-state index contributed by atoms with van der Waals surface area (Å²) in [5.41, 5.74) is 1.61. The van der Waals surface area contributed by atoms with Gasteiger partial charge in [-0.2, -0.15) is 0 Å². The van der Waals surface area contributed by atoms with E-state index in [1.807, 2.05) is 62.6 Å². The van der Waals surface area contributed by atoms with Crippen LogP contribution in [0, 0.1) is 0 Å². The minimum atomic E-state index is -0.290. The largest absolute Gasteiger partial charge is 0.491 e. The van der Waals surface area contributed by atoms with Crippen LogP contribution in [0.5, 0.6) is 17.2 Å². The molecule has 0 bridgehead atoms. The SMILES string of the molecule is CN(C)CCCOc1ccccc1NC(=O)NCc1ccc(Oc2ccncc2)cc1. The molecule has 0 saturated heterocycles. The van der Waals surface area contributed by atoms with E-state index < -0.39 is 0 Å². The van der Waals surface area contributed by atoms with E-state index >= 15 is 0 Å². The maximum Gasteiger partial charge on any atom is 0.319 e. The molecule has 3 rings (SSSR count). The lowest BCUT2D eigenvalue weighted by atomic mass is 10.2. The predicted octanol–water partition coefficient (Wildman–Crippen LogP) is 4.53. The number of hydrogen-bond donors (Lipinski definition) is 2. The Bertz CT molecular complexity index is 947. The highest BCUT2D eigenvalue weighted by atomic mass is 16.5. The number of para-hydroxylation sites is 2. The van der Waals surface area contributed by atoms with Gasteiger partial charge in [0.25, 0.3) is 0 Å². The lowest BCUT2D eigenvalue weighted by molar-refractivity contribution is 0.251. The molecule has 0 saturated carbocycles. The third-order valence-corrected chi connectivity index (χ3v) is 4.40. The molecule has 0 aliphatic rings. The van der Waals surface area contributed by atoms with Crippen molar-refractivity contribution < 1.29 is 14.3 Å². The van der Waals surface area contributed by atoms with E-state index in [9.17, 15) is 4.79 Å². The van der Waals surface area contributed by atoms with Crippen LogP contribution in [0.15, 0.2) is 73.1 Å². The molecule has 0 aliphatic carbocycles. The molecule has 0 fully saturated rings. The molecular formula is C24H28N4O3. The van der Waals surface area contributed by atoms with E-state index in [2.05, 4.69) is 20.5 Å². The van der Waals surface area contributed by atoms with Crippen LogP contribution in [0.2, 0.25) is 0 Å². The zero-order valence-electron chi connectivity index (χ0n) is 17.9. The zero-order valence-corrected chi connectivity index (χ0v) is 17.9. The van der Waals surface area contributed by atoms with E-state index in [4.69, 9.17) is 9.47 Å². The summed E-state index contributed by atoms with van der Waals surface area (Å²) in [5.74, 6) is 2.11. The fourth-order valence-corrected chi connectivity index (χ4v) is 2.83. The Morgan fingerprint density at radius 3 is 2.42 bits per heavy atom. The molecule has 31 heavy (non-hydrogen) atoms. The Morgan fingerprint density at radius 2 is 1.68 bits per heavy atom. The Labute approximate surface area is 183 Å². The second-order valence-corrected chi connectivity index (χ2v) is 7.24. The Kier molecular flexibility index (Phi) is 8.25. The minimum absolute atomic E-state index is 0.290. The van der Waals surface area contributed by atoms with E-state index in [1.54, 1.807) is 24.5 Å². The van der Waals surface area contributed by atoms with Crippen LogP contribution < -0.4 is 20.1 Å². The van der Waals surface area contributed by atoms with Crippen molar-refractivity contribution in [2.24, 2.45) is 0 Å². The van der Waals surface area contributed by atoms with E-state index in [0.717, 1.165) is 30.0 Å². The number of carbonyl (C=O) groups excluding carboxylic acids is 1. The second-order valence-electron chi connectivity index (χ2n) is 7.24. The van der Waals surface area contributed by atoms with Gasteiger partial charge in [-0.05, 0) is 62.5 Å². The van der Waals surface area contributed by atoms with Crippen LogP contribution in [0.3, 0.4) is 0 Å². The number of anilines is 1. The number of nitrogens with zero attached hydrogens (tertiary/aromatic N) is 2. The molecule has 0 spiro atoms. The topological polar surface area (TPSA) is 75.7 Å². The van der Waals surface area contributed by atoms with Crippen molar-refractivity contribution >= 4 is 11.7 Å². The molecule has 162 valence electrons. The van der Waals surface area contributed by atoms with Gasteiger partial charge in [0.2, 0.25) is 0 Å². The molecule has 0 unspecified atom stereocenters. The summed E-state index contributed by atoms with van der Waals surface area (Å²) in [4.78, 5) is 18.4. The maximum atomic E-state index is 12.4. The summed E-state index contributed by atoms with van der Waals surface area (Å²) in [6, 6.07) is 18.3. The number of aromatic nitrogens is 1. The van der Waals surface area contributed by atoms with Gasteiger partial charge in [0.15, 0.2) is 0 Å². The van der Waals surface area contributed by atoms with Gasteiger partial charge in [-0.15, -0.1) is 0 Å². The molecule has 7 nitrogen and oxygen atoms in total. The van der Waals surface area contributed by atoms with Crippen LogP contribution in [-0.4, -0.2) is 43.2 Å². The number of hydrogen-bond acceptors (Lipinski definition) is 5. The summed E-state index contributed by atoms with van der Waals surface area (Å²) in [6.07, 6.45) is 4.27. The molecule has 2 amide bonds. The molecule has 0 atom stereocenters. The molecule has 3 aromatic rings. The highest BCUT2D eigenvalue weighted by Crippen LogP contribution is 2.24. The van der Waals surface area contributed by atoms with Crippen molar-refractivity contribution in [2.45, 2.75) is 13.0 Å². The third kappa shape index (κ3) is 7.64. The van der Waals surface area contributed by atoms with E-state index in [0.29, 0.717) is 24.6 Å². The summed E-state index contributed by atoms with van der Waals surface area (Å²) in [7, 11) is 4.06. The van der Waals surface area contributed by atoms with Gasteiger partial charge in [-0.3, -0.25) is 4.98 Å². The molecule has 0 radical (unpaired) electrons. The van der Waals surface area contributed by atoms with Crippen LogP contribution in [0.4, 0.5) is 10.5 Å². The first-order valence-corrected chi connectivity index (χ1v) is 10.2. The van der Waals surface area contributed by atoms with Crippen LogP contribution >= 0.6 is 0 Å². The van der Waals surface area contributed by atoms with Crippen molar-refractivity contribution in [1.29, 1.82) is 0 Å². The number of pyridine rings is 1. The van der Waals surface area contributed by atoms with Crippen LogP contribution in [-0.2, 0) is 6.54 Å². The fourth-order valence-electron chi connectivity index (χ4n) is 2.83. The number of urea groups is 1. The zero-order chi connectivity index (χ0) is 21.9. The number of carbonyl (C=O) groups is 1. The number of rotatable bonds is 10. The molecule has 7 heteroatoms. The first kappa shape index (κ1) is 22.1. The minimum Gasteiger partial charge on any atom is -0.491 e. The van der Waals surface area contributed by atoms with Crippen LogP contribution in [0.25, 0.3) is 0 Å². The average Bonchev–Trinajstić information content (AvgIpc) is 2.78. The van der Waals surface area contributed by atoms with Gasteiger partial charge in [0.1, 0.15) is 17.2 Å². The first-order valence-electron chi connectivity index (χ1n) is 10.2. The summed E-state index contributed by atoms with van der Waals surface area (Å²) >= 11 is 0. The lowest BCUT2D eigenvalue weighted by Gasteiger charge is -2.14. The van der Waals surface area contributed by atoms with Crippen molar-refractivity contribution in [1.82, 2.24) is 15.2 Å². The Balaban J connectivity index is 1.47. The molecule has 0 aliphatic heterocycles. The number of amides is 2. The Morgan fingerprint density at radius 1 is 0.968 bits per heavy atom. The summed E-state index contributed by atoms with van der Waals surface area (Å²) < 4.78 is 11.6. The predicted molar refractivity (Wildman–Crippen MR) is 122 cm³/mol. The second kappa shape index (κ2) is 11.6. The first-order chi connectivity index (χ1) is 15.1. The van der Waals surface area contributed by atoms with Crippen molar-refractivity contribution in [3.63, 3.8) is 0 Å². The third-order valence-electron chi connectivity index (χ3n) is 4.40. The smallest absolute Gasteiger partial charge is 0.319 e. The van der Waals surface area contributed by atoms with Gasteiger partial charge < -0.3 is 25.0 Å². The van der Waals surface area contributed by atoms with Crippen molar-refractivity contribution in [3.05, 3.63) is 78.6 Å². The molecule has 2 N–H and O–H groups in total. The van der Waals surface area contributed by atoms with E-state index in [-0.39, 0.29) is 6.03 Å². The van der Waals surface area contributed by atoms with Gasteiger partial charge in [-0.1, -0.05) is 24.3 Å². The van der Waals surface area contributed by atoms with Crippen molar-refractivity contribution in [3.8, 4) is 17.2 Å². The van der Waals surface area contributed by atoms with Crippen molar-refractivity contribution in [2.75, 3.05) is 32.6 Å². The number of ether oxygens (including phenoxy) is 2. The van der Waals surface area contributed by atoms with Gasteiger partial charge in [0, 0.05) is 25.5 Å². The normalized spacial score (nSPS) is 10.5. The van der Waals surface area contributed by atoms with Gasteiger partial charge in [-0.25, -0.2) is 4.79 Å². The highest BCUT2D eigenvalue weighted by Gasteiger charge is 2.08. The maximum absolute atomic E-state index is 12.4. The lowest BCUT2D eigenvalue weighted by Crippen LogP contribution is -2.28.